The summed E-state index contributed by atoms with van der Waals surface area (Å²) in [6.07, 6.45) is 14.3. The van der Waals surface area contributed by atoms with Crippen molar-refractivity contribution in [2.75, 3.05) is 52.9 Å². The standard InChI is InChI=1S/C52H72O8/c1-5-9-13-37-25-41-33-43-27-38(14-10-6-2)29-45(50(43)58-22-18-54)35-47-31-40(16-12-8-4)32-48(52(47)60-24-20-56)36-46-30-39(15-11-7-3)28-44(51(46)59-23-19-55)34-42(26-37)49(41)57-21-17-53/h25-32,53-56H,5-24,33-36H2,1-4H3. The van der Waals surface area contributed by atoms with Crippen LogP contribution in [0.4, 0.5) is 0 Å². The van der Waals surface area contributed by atoms with E-state index in [1.807, 2.05) is 0 Å². The van der Waals surface area contributed by atoms with E-state index in [2.05, 4.69) is 76.2 Å². The average molecular weight is 825 g/mol. The molecule has 4 aromatic rings. The highest BCUT2D eigenvalue weighted by molar-refractivity contribution is 5.58. The van der Waals surface area contributed by atoms with Crippen molar-refractivity contribution >= 4 is 0 Å². The molecule has 8 heteroatoms. The fourth-order valence-electron chi connectivity index (χ4n) is 8.61. The van der Waals surface area contributed by atoms with Crippen molar-refractivity contribution in [1.29, 1.82) is 0 Å². The lowest BCUT2D eigenvalue weighted by Crippen LogP contribution is -2.13. The molecule has 4 N–H and O–H groups in total. The summed E-state index contributed by atoms with van der Waals surface area (Å²) >= 11 is 0. The van der Waals surface area contributed by atoms with Gasteiger partial charge in [0.25, 0.3) is 0 Å². The van der Waals surface area contributed by atoms with Crippen molar-refractivity contribution in [3.05, 3.63) is 115 Å². The van der Waals surface area contributed by atoms with Crippen LogP contribution < -0.4 is 18.9 Å². The number of unbranched alkanes of at least 4 members (excludes halogenated alkanes) is 4. The van der Waals surface area contributed by atoms with Crippen LogP contribution in [0, 0.1) is 0 Å². The quantitative estimate of drug-likeness (QED) is 0.0487. The monoisotopic (exact) mass is 825 g/mol. The first-order valence-electron chi connectivity index (χ1n) is 22.9. The predicted octanol–water partition coefficient (Wildman–Crippen LogP) is 9.22. The van der Waals surface area contributed by atoms with Crippen LogP contribution in [-0.2, 0) is 51.4 Å². The van der Waals surface area contributed by atoms with Gasteiger partial charge in [-0.05, 0) is 118 Å². The second-order valence-electron chi connectivity index (χ2n) is 16.4. The molecule has 8 bridgehead atoms. The molecule has 0 spiro atoms. The van der Waals surface area contributed by atoms with Gasteiger partial charge in [0.1, 0.15) is 49.4 Å². The van der Waals surface area contributed by atoms with Gasteiger partial charge in [0.2, 0.25) is 0 Å². The van der Waals surface area contributed by atoms with Crippen LogP contribution in [0.15, 0.2) is 48.5 Å². The highest BCUT2D eigenvalue weighted by atomic mass is 16.5. The van der Waals surface area contributed by atoms with Crippen molar-refractivity contribution in [1.82, 2.24) is 0 Å². The molecule has 0 aromatic heterocycles. The van der Waals surface area contributed by atoms with Crippen LogP contribution in [0.25, 0.3) is 0 Å². The minimum absolute atomic E-state index is 0.113. The smallest absolute Gasteiger partial charge is 0.126 e. The van der Waals surface area contributed by atoms with Crippen molar-refractivity contribution in [2.24, 2.45) is 0 Å². The zero-order chi connectivity index (χ0) is 42.7. The molecule has 60 heavy (non-hydrogen) atoms. The Balaban J connectivity index is 1.91. The van der Waals surface area contributed by atoms with Gasteiger partial charge < -0.3 is 39.4 Å². The Morgan fingerprint density at radius 3 is 0.667 bits per heavy atom. The molecule has 0 radical (unpaired) electrons. The van der Waals surface area contributed by atoms with E-state index in [-0.39, 0.29) is 52.9 Å². The Bertz CT molecular complexity index is 1560. The molecule has 0 unspecified atom stereocenters. The van der Waals surface area contributed by atoms with Gasteiger partial charge in [-0.25, -0.2) is 0 Å². The second-order valence-corrected chi connectivity index (χ2v) is 16.4. The maximum absolute atomic E-state index is 10.1. The van der Waals surface area contributed by atoms with E-state index < -0.39 is 0 Å². The van der Waals surface area contributed by atoms with Crippen LogP contribution in [0.3, 0.4) is 0 Å². The highest BCUT2D eigenvalue weighted by Gasteiger charge is 2.24. The Hall–Kier alpha value is -4.08. The fraction of sp³-hybridized carbons (Fsp3) is 0.538. The van der Waals surface area contributed by atoms with E-state index in [1.54, 1.807) is 0 Å². The third kappa shape index (κ3) is 13.0. The maximum atomic E-state index is 10.1. The lowest BCUT2D eigenvalue weighted by molar-refractivity contribution is 0.197. The van der Waals surface area contributed by atoms with Gasteiger partial charge in [-0.3, -0.25) is 0 Å². The summed E-state index contributed by atoms with van der Waals surface area (Å²) in [5.41, 5.74) is 13.2. The molecule has 4 aromatic carbocycles. The lowest BCUT2D eigenvalue weighted by Gasteiger charge is -2.25. The molecule has 0 fully saturated rings. The molecule has 0 heterocycles. The van der Waals surface area contributed by atoms with Gasteiger partial charge in [-0.15, -0.1) is 0 Å². The minimum Gasteiger partial charge on any atom is -0.491 e. The first kappa shape index (κ1) is 47.0. The maximum Gasteiger partial charge on any atom is 0.126 e. The summed E-state index contributed by atoms with van der Waals surface area (Å²) in [7, 11) is 0. The summed E-state index contributed by atoms with van der Waals surface area (Å²) in [6.45, 7) is 9.05. The second kappa shape index (κ2) is 25.0. The number of aryl methyl sites for hydroxylation is 4. The first-order valence-corrected chi connectivity index (χ1v) is 22.9. The third-order valence-electron chi connectivity index (χ3n) is 11.4. The van der Waals surface area contributed by atoms with E-state index in [0.29, 0.717) is 25.7 Å². The zero-order valence-electron chi connectivity index (χ0n) is 37.0. The lowest BCUT2D eigenvalue weighted by atomic mass is 9.87. The number of fused-ring (bicyclic) bond motifs is 8. The molecule has 8 nitrogen and oxygen atoms in total. The summed E-state index contributed by atoms with van der Waals surface area (Å²) in [6, 6.07) is 18.2. The van der Waals surface area contributed by atoms with Gasteiger partial charge in [0, 0.05) is 25.7 Å². The molecule has 0 atom stereocenters. The predicted molar refractivity (Wildman–Crippen MR) is 242 cm³/mol. The number of aliphatic hydroxyl groups excluding tert-OH is 4. The molecule has 1 aliphatic rings. The van der Waals surface area contributed by atoms with E-state index in [4.69, 9.17) is 18.9 Å². The largest absolute Gasteiger partial charge is 0.491 e. The molecule has 0 saturated heterocycles. The molecule has 0 amide bonds. The van der Waals surface area contributed by atoms with Crippen molar-refractivity contribution in [3.63, 3.8) is 0 Å². The number of hydrogen-bond acceptors (Lipinski definition) is 8. The van der Waals surface area contributed by atoms with Gasteiger partial charge in [0.15, 0.2) is 0 Å². The number of benzene rings is 4. The summed E-state index contributed by atoms with van der Waals surface area (Å²) < 4.78 is 26.3. The molecule has 0 aliphatic heterocycles. The molecular formula is C52H72O8. The number of hydrogen-bond donors (Lipinski definition) is 4. The minimum atomic E-state index is -0.113. The first-order chi connectivity index (χ1) is 29.4. The van der Waals surface area contributed by atoms with E-state index >= 15 is 0 Å². The number of aliphatic hydroxyl groups is 4. The summed E-state index contributed by atoms with van der Waals surface area (Å²) in [5, 5.41) is 40.5. The topological polar surface area (TPSA) is 118 Å². The molecule has 1 aliphatic carbocycles. The van der Waals surface area contributed by atoms with Crippen LogP contribution >= 0.6 is 0 Å². The SMILES string of the molecule is CCCCc1cc2c(OCCO)c(c1)Cc1cc(CCCC)cc(c1OCCO)Cc1cc(CCCC)cc(c1OCCO)Cc1cc(CCCC)cc(c1OCCO)C2. The fourth-order valence-corrected chi connectivity index (χ4v) is 8.61. The zero-order valence-corrected chi connectivity index (χ0v) is 37.0. The number of rotatable bonds is 24. The Morgan fingerprint density at radius 1 is 0.333 bits per heavy atom. The van der Waals surface area contributed by atoms with Crippen LogP contribution in [-0.4, -0.2) is 73.3 Å². The van der Waals surface area contributed by atoms with Crippen molar-refractivity contribution in [3.8, 4) is 23.0 Å². The van der Waals surface area contributed by atoms with Crippen molar-refractivity contribution < 1.29 is 39.4 Å². The van der Waals surface area contributed by atoms with Crippen molar-refractivity contribution in [2.45, 2.75) is 130 Å². The molecule has 328 valence electrons. The highest BCUT2D eigenvalue weighted by Crippen LogP contribution is 2.41. The Morgan fingerprint density at radius 2 is 0.517 bits per heavy atom. The Kier molecular flexibility index (Phi) is 19.6. The molecule has 0 saturated carbocycles. The van der Waals surface area contributed by atoms with Gasteiger partial charge in [-0.2, -0.15) is 0 Å². The van der Waals surface area contributed by atoms with E-state index in [1.165, 1.54) is 22.3 Å². The van der Waals surface area contributed by atoms with Crippen LogP contribution in [0.2, 0.25) is 0 Å². The van der Waals surface area contributed by atoms with Gasteiger partial charge in [0.05, 0.1) is 26.4 Å². The molecular weight excluding hydrogens is 753 g/mol. The summed E-state index contributed by atoms with van der Waals surface area (Å²) in [4.78, 5) is 0. The van der Waals surface area contributed by atoms with Crippen LogP contribution in [0.1, 0.15) is 146 Å². The number of ether oxygens (including phenoxy) is 4. The van der Waals surface area contributed by atoms with Gasteiger partial charge in [-0.1, -0.05) is 102 Å². The molecule has 5 rings (SSSR count). The van der Waals surface area contributed by atoms with Gasteiger partial charge >= 0.3 is 0 Å². The third-order valence-corrected chi connectivity index (χ3v) is 11.4. The normalized spacial score (nSPS) is 12.4. The summed E-state index contributed by atoms with van der Waals surface area (Å²) in [5.74, 6) is 3.07. The van der Waals surface area contributed by atoms with Crippen LogP contribution in [0.5, 0.6) is 23.0 Å². The van der Waals surface area contributed by atoms with E-state index in [9.17, 15) is 20.4 Å². The average Bonchev–Trinajstić information content (AvgIpc) is 3.24. The van der Waals surface area contributed by atoms with E-state index in [0.717, 1.165) is 145 Å². The Labute approximate surface area is 359 Å².